The average molecular weight is 373 g/mol. The van der Waals surface area contributed by atoms with Crippen molar-refractivity contribution in [3.05, 3.63) is 58.3 Å². The summed E-state index contributed by atoms with van der Waals surface area (Å²) in [7, 11) is -4.03. The summed E-state index contributed by atoms with van der Waals surface area (Å²) < 4.78 is 40.5. The summed E-state index contributed by atoms with van der Waals surface area (Å²) in [4.78, 5) is 10.4. The molecular weight excluding hydrogens is 365 g/mol. The zero-order chi connectivity index (χ0) is 15.6. The van der Waals surface area contributed by atoms with Crippen LogP contribution in [0.5, 0.6) is 0 Å². The molecule has 0 unspecified atom stereocenters. The van der Waals surface area contributed by atoms with Crippen molar-refractivity contribution >= 4 is 37.6 Å². The van der Waals surface area contributed by atoms with Gasteiger partial charge in [0.15, 0.2) is 0 Å². The third kappa shape index (κ3) is 3.59. The van der Waals surface area contributed by atoms with Crippen LogP contribution in [0.2, 0.25) is 0 Å². The molecule has 0 aromatic heterocycles. The van der Waals surface area contributed by atoms with E-state index in [1.807, 2.05) is 0 Å². The predicted octanol–water partition coefficient (Wildman–Crippen LogP) is 1.75. The van der Waals surface area contributed by atoms with E-state index in [1.54, 1.807) is 12.1 Å². The number of benzene rings is 2. The molecule has 0 amide bonds. The van der Waals surface area contributed by atoms with Crippen molar-refractivity contribution in [3.8, 4) is 0 Å². The van der Waals surface area contributed by atoms with E-state index >= 15 is 0 Å². The number of rotatable bonds is 4. The highest BCUT2D eigenvalue weighted by Gasteiger charge is 2.17. The summed E-state index contributed by atoms with van der Waals surface area (Å²) in [6.45, 7) is 0. The Hall–Kier alpha value is -1.93. The van der Waals surface area contributed by atoms with Gasteiger partial charge in [0.1, 0.15) is 5.82 Å². The highest BCUT2D eigenvalue weighted by molar-refractivity contribution is 9.10. The molecule has 110 valence electrons. The van der Waals surface area contributed by atoms with Crippen LogP contribution in [0.1, 0.15) is 10.4 Å². The number of carboxylic acid groups (broad SMARTS) is 1. The second kappa shape index (κ2) is 5.82. The third-order valence-corrected chi connectivity index (χ3v) is 4.42. The van der Waals surface area contributed by atoms with Gasteiger partial charge in [0.25, 0.3) is 10.0 Å². The van der Waals surface area contributed by atoms with E-state index in [1.165, 1.54) is 12.1 Å². The van der Waals surface area contributed by atoms with Crippen molar-refractivity contribution in [2.45, 2.75) is 4.90 Å². The number of anilines is 1. The lowest BCUT2D eigenvalue weighted by molar-refractivity contribution is -0.255. The number of halogens is 2. The van der Waals surface area contributed by atoms with Gasteiger partial charge in [0, 0.05) is 15.7 Å². The molecule has 2 rings (SSSR count). The first-order valence-electron chi connectivity index (χ1n) is 5.59. The monoisotopic (exact) mass is 372 g/mol. The zero-order valence-electron chi connectivity index (χ0n) is 10.3. The molecule has 21 heavy (non-hydrogen) atoms. The van der Waals surface area contributed by atoms with Crippen molar-refractivity contribution in [2.75, 3.05) is 4.72 Å². The molecule has 1 N–H and O–H groups in total. The number of aromatic carboxylic acids is 1. The van der Waals surface area contributed by atoms with Gasteiger partial charge in [0.05, 0.1) is 10.9 Å². The first-order valence-corrected chi connectivity index (χ1v) is 7.86. The minimum absolute atomic E-state index is 0.281. The maximum atomic E-state index is 13.2. The number of carbonyl (C=O) groups is 1. The van der Waals surface area contributed by atoms with Gasteiger partial charge in [-0.25, -0.2) is 12.8 Å². The van der Waals surface area contributed by atoms with Crippen LogP contribution in [0.15, 0.2) is 51.8 Å². The van der Waals surface area contributed by atoms with Crippen molar-refractivity contribution < 1.29 is 22.7 Å². The quantitative estimate of drug-likeness (QED) is 0.885. The van der Waals surface area contributed by atoms with E-state index in [-0.39, 0.29) is 10.6 Å². The van der Waals surface area contributed by atoms with Crippen LogP contribution in [-0.4, -0.2) is 14.4 Å². The van der Waals surface area contributed by atoms with Gasteiger partial charge in [-0.1, -0.05) is 22.0 Å². The summed E-state index contributed by atoms with van der Waals surface area (Å²) in [5.74, 6) is -2.84. The molecule has 0 saturated carbocycles. The van der Waals surface area contributed by atoms with Crippen LogP contribution in [-0.2, 0) is 10.0 Å². The molecule has 0 radical (unpaired) electrons. The molecule has 5 nitrogen and oxygen atoms in total. The Labute approximate surface area is 128 Å². The van der Waals surface area contributed by atoms with Gasteiger partial charge in [-0.05, 0) is 36.4 Å². The van der Waals surface area contributed by atoms with Crippen LogP contribution >= 0.6 is 15.9 Å². The molecule has 0 aliphatic rings. The van der Waals surface area contributed by atoms with Crippen molar-refractivity contribution in [1.82, 2.24) is 0 Å². The highest BCUT2D eigenvalue weighted by Crippen LogP contribution is 2.21. The molecule has 2 aromatic rings. The first kappa shape index (κ1) is 15.5. The standard InChI is InChI=1S/C13H9BrFNO4S/c14-8-2-1-3-9(6-8)16-21(19,20)10-4-5-12(15)11(7-10)13(17)18/h1-7,16H,(H,17,18)/p-1. The first-order chi connectivity index (χ1) is 9.79. The number of hydrogen-bond donors (Lipinski definition) is 1. The average Bonchev–Trinajstić information content (AvgIpc) is 2.38. The molecule has 0 bridgehead atoms. The van der Waals surface area contributed by atoms with Gasteiger partial charge in [0.2, 0.25) is 0 Å². The molecule has 0 atom stereocenters. The number of carboxylic acids is 1. The van der Waals surface area contributed by atoms with E-state index in [2.05, 4.69) is 20.7 Å². The van der Waals surface area contributed by atoms with Crippen LogP contribution in [0.4, 0.5) is 10.1 Å². The Balaban J connectivity index is 2.40. The normalized spacial score (nSPS) is 11.1. The maximum Gasteiger partial charge on any atom is 0.261 e. The molecule has 2 aromatic carbocycles. The largest absolute Gasteiger partial charge is 0.545 e. The minimum Gasteiger partial charge on any atom is -0.545 e. The zero-order valence-corrected chi connectivity index (χ0v) is 12.7. The summed E-state index contributed by atoms with van der Waals surface area (Å²) in [5.41, 5.74) is -0.532. The second-order valence-corrected chi connectivity index (χ2v) is 6.64. The van der Waals surface area contributed by atoms with Crippen LogP contribution in [0.25, 0.3) is 0 Å². The van der Waals surface area contributed by atoms with E-state index in [9.17, 15) is 22.7 Å². The van der Waals surface area contributed by atoms with Gasteiger partial charge in [-0.15, -0.1) is 0 Å². The van der Waals surface area contributed by atoms with Crippen LogP contribution < -0.4 is 9.83 Å². The lowest BCUT2D eigenvalue weighted by Crippen LogP contribution is -2.24. The van der Waals surface area contributed by atoms with Gasteiger partial charge in [-0.3, -0.25) is 4.72 Å². The number of nitrogens with one attached hydrogen (secondary N) is 1. The third-order valence-electron chi connectivity index (χ3n) is 2.54. The fourth-order valence-electron chi connectivity index (χ4n) is 1.59. The van der Waals surface area contributed by atoms with Gasteiger partial charge < -0.3 is 9.90 Å². The summed E-state index contributed by atoms with van der Waals surface area (Å²) in [6, 6.07) is 8.84. The molecule has 0 aliphatic heterocycles. The van der Waals surface area contributed by atoms with Crippen LogP contribution in [0.3, 0.4) is 0 Å². The Morgan fingerprint density at radius 2 is 1.90 bits per heavy atom. The Bertz CT molecular complexity index is 808. The molecule has 0 heterocycles. The number of carbonyl (C=O) groups excluding carboxylic acids is 1. The topological polar surface area (TPSA) is 86.3 Å². The van der Waals surface area contributed by atoms with Crippen LogP contribution in [0, 0.1) is 5.82 Å². The minimum atomic E-state index is -4.03. The lowest BCUT2D eigenvalue weighted by atomic mass is 10.2. The Morgan fingerprint density at radius 3 is 2.52 bits per heavy atom. The SMILES string of the molecule is O=C([O-])c1cc(S(=O)(=O)Nc2cccc(Br)c2)ccc1F. The summed E-state index contributed by atoms with van der Waals surface area (Å²) in [5, 5.41) is 10.7. The highest BCUT2D eigenvalue weighted by atomic mass is 79.9. The molecule has 8 heteroatoms. The Morgan fingerprint density at radius 1 is 1.19 bits per heavy atom. The molecule has 0 saturated heterocycles. The van der Waals surface area contributed by atoms with Gasteiger partial charge >= 0.3 is 0 Å². The van der Waals surface area contributed by atoms with E-state index in [0.29, 0.717) is 10.5 Å². The predicted molar refractivity (Wildman–Crippen MR) is 75.7 cm³/mol. The van der Waals surface area contributed by atoms with Crippen molar-refractivity contribution in [3.63, 3.8) is 0 Å². The van der Waals surface area contributed by atoms with Crippen molar-refractivity contribution in [1.29, 1.82) is 0 Å². The van der Waals surface area contributed by atoms with E-state index in [0.717, 1.165) is 12.1 Å². The molecule has 0 spiro atoms. The summed E-state index contributed by atoms with van der Waals surface area (Å²) >= 11 is 3.20. The maximum absolute atomic E-state index is 13.2. The number of hydrogen-bond acceptors (Lipinski definition) is 4. The molecule has 0 fully saturated rings. The fraction of sp³-hybridized carbons (Fsp3) is 0. The Kier molecular flexibility index (Phi) is 4.29. The summed E-state index contributed by atoms with van der Waals surface area (Å²) in [6.07, 6.45) is 0. The van der Waals surface area contributed by atoms with E-state index in [4.69, 9.17) is 0 Å². The molecular formula is C13H8BrFNO4S-. The molecule has 0 aliphatic carbocycles. The van der Waals surface area contributed by atoms with E-state index < -0.39 is 27.4 Å². The van der Waals surface area contributed by atoms with Crippen molar-refractivity contribution in [2.24, 2.45) is 0 Å². The fourth-order valence-corrected chi connectivity index (χ4v) is 3.07. The smallest absolute Gasteiger partial charge is 0.261 e. The van der Waals surface area contributed by atoms with Gasteiger partial charge in [-0.2, -0.15) is 0 Å². The lowest BCUT2D eigenvalue weighted by Gasteiger charge is -2.10. The second-order valence-electron chi connectivity index (χ2n) is 4.04. The number of sulfonamides is 1.